The minimum Gasteiger partial charge on any atom is -0.372 e. The Kier molecular flexibility index (Phi) is 5.51. The van der Waals surface area contributed by atoms with E-state index in [9.17, 15) is 4.79 Å². The second-order valence-electron chi connectivity index (χ2n) is 6.39. The lowest BCUT2D eigenvalue weighted by Crippen LogP contribution is -2.34. The molecular weight excluding hydrogens is 284 g/mol. The molecule has 0 radical (unpaired) electrons. The lowest BCUT2D eigenvalue weighted by molar-refractivity contribution is -0.126. The van der Waals surface area contributed by atoms with Crippen LogP contribution in [-0.4, -0.2) is 37.0 Å². The lowest BCUT2D eigenvalue weighted by atomic mass is 10.1. The van der Waals surface area contributed by atoms with Gasteiger partial charge in [-0.15, -0.1) is 0 Å². The standard InChI is InChI=1S/C20H26N2O/c23-20(22-16-4-1-5-17-22)9-3-2-8-18-10-12-19(13-11-18)21-14-6-7-15-21/h2-3,8-13H,1,4-7,14-17H2/b8-2+,9-3+. The van der Waals surface area contributed by atoms with Crippen LogP contribution in [0.15, 0.2) is 42.5 Å². The molecule has 0 unspecified atom stereocenters. The van der Waals surface area contributed by atoms with Crippen LogP contribution in [0.2, 0.25) is 0 Å². The lowest BCUT2D eigenvalue weighted by Gasteiger charge is -2.25. The first-order chi connectivity index (χ1) is 11.3. The van der Waals surface area contributed by atoms with Crippen molar-refractivity contribution >= 4 is 17.7 Å². The van der Waals surface area contributed by atoms with Crippen molar-refractivity contribution in [2.24, 2.45) is 0 Å². The molecule has 1 aromatic carbocycles. The van der Waals surface area contributed by atoms with Crippen molar-refractivity contribution in [3.63, 3.8) is 0 Å². The van der Waals surface area contributed by atoms with Crippen molar-refractivity contribution in [3.8, 4) is 0 Å². The quantitative estimate of drug-likeness (QED) is 0.622. The van der Waals surface area contributed by atoms with Crippen LogP contribution in [0.3, 0.4) is 0 Å². The molecule has 3 rings (SSSR count). The van der Waals surface area contributed by atoms with Gasteiger partial charge in [0.2, 0.25) is 5.91 Å². The van der Waals surface area contributed by atoms with E-state index < -0.39 is 0 Å². The Balaban J connectivity index is 1.51. The molecule has 3 nitrogen and oxygen atoms in total. The van der Waals surface area contributed by atoms with Gasteiger partial charge in [0.25, 0.3) is 0 Å². The van der Waals surface area contributed by atoms with Gasteiger partial charge in [0.05, 0.1) is 0 Å². The highest BCUT2D eigenvalue weighted by Gasteiger charge is 2.13. The summed E-state index contributed by atoms with van der Waals surface area (Å²) in [7, 11) is 0. The fourth-order valence-corrected chi connectivity index (χ4v) is 3.30. The van der Waals surface area contributed by atoms with Crippen molar-refractivity contribution in [3.05, 3.63) is 48.1 Å². The zero-order valence-corrected chi connectivity index (χ0v) is 13.8. The van der Waals surface area contributed by atoms with Crippen LogP contribution in [0, 0.1) is 0 Å². The molecule has 1 amide bonds. The highest BCUT2D eigenvalue weighted by molar-refractivity contribution is 5.88. The largest absolute Gasteiger partial charge is 0.372 e. The summed E-state index contributed by atoms with van der Waals surface area (Å²) in [6.07, 6.45) is 13.7. The highest BCUT2D eigenvalue weighted by Crippen LogP contribution is 2.20. The van der Waals surface area contributed by atoms with Gasteiger partial charge in [-0.05, 0) is 49.8 Å². The Labute approximate surface area is 139 Å². The number of hydrogen-bond acceptors (Lipinski definition) is 2. The summed E-state index contributed by atoms with van der Waals surface area (Å²) < 4.78 is 0. The normalized spacial score (nSPS) is 19.1. The number of carbonyl (C=O) groups excluding carboxylic acids is 1. The topological polar surface area (TPSA) is 23.6 Å². The van der Waals surface area contributed by atoms with Crippen LogP contribution in [0.25, 0.3) is 6.08 Å². The summed E-state index contributed by atoms with van der Waals surface area (Å²) in [6.45, 7) is 4.17. The van der Waals surface area contributed by atoms with Crippen molar-refractivity contribution in [1.29, 1.82) is 0 Å². The first-order valence-electron chi connectivity index (χ1n) is 8.81. The third-order valence-electron chi connectivity index (χ3n) is 4.67. The second kappa shape index (κ2) is 8.00. The molecule has 2 aliphatic rings. The maximum atomic E-state index is 12.0. The molecule has 0 spiro atoms. The zero-order valence-electron chi connectivity index (χ0n) is 13.8. The van der Waals surface area contributed by atoms with Crippen molar-refractivity contribution in [2.75, 3.05) is 31.1 Å². The van der Waals surface area contributed by atoms with E-state index in [0.29, 0.717) is 0 Å². The van der Waals surface area contributed by atoms with E-state index in [1.807, 2.05) is 23.1 Å². The monoisotopic (exact) mass is 310 g/mol. The minimum absolute atomic E-state index is 0.138. The van der Waals surface area contributed by atoms with Gasteiger partial charge in [-0.2, -0.15) is 0 Å². The van der Waals surface area contributed by atoms with Crippen LogP contribution in [0.5, 0.6) is 0 Å². The number of hydrogen-bond donors (Lipinski definition) is 0. The number of likely N-dealkylation sites (tertiary alicyclic amines) is 1. The number of allylic oxidation sites excluding steroid dienone is 2. The average molecular weight is 310 g/mol. The van der Waals surface area contributed by atoms with Crippen LogP contribution in [-0.2, 0) is 4.79 Å². The summed E-state index contributed by atoms with van der Waals surface area (Å²) in [4.78, 5) is 16.4. The molecule has 1 aromatic rings. The number of carbonyl (C=O) groups is 1. The zero-order chi connectivity index (χ0) is 15.9. The molecule has 2 fully saturated rings. The van der Waals surface area contributed by atoms with E-state index in [2.05, 4.69) is 29.2 Å². The number of anilines is 1. The molecule has 0 saturated carbocycles. The molecular formula is C20H26N2O. The molecule has 0 atom stereocenters. The fraction of sp³-hybridized carbons (Fsp3) is 0.450. The summed E-state index contributed by atoms with van der Waals surface area (Å²) in [5, 5.41) is 0. The van der Waals surface area contributed by atoms with Crippen molar-refractivity contribution in [1.82, 2.24) is 4.90 Å². The average Bonchev–Trinajstić information content (AvgIpc) is 3.14. The summed E-state index contributed by atoms with van der Waals surface area (Å²) in [6, 6.07) is 8.66. The fourth-order valence-electron chi connectivity index (χ4n) is 3.30. The maximum absolute atomic E-state index is 12.0. The molecule has 122 valence electrons. The Morgan fingerprint density at radius 3 is 2.17 bits per heavy atom. The van der Waals surface area contributed by atoms with Gasteiger partial charge in [-0.3, -0.25) is 4.79 Å². The Morgan fingerprint density at radius 2 is 1.48 bits per heavy atom. The molecule has 2 heterocycles. The molecule has 0 aliphatic carbocycles. The van der Waals surface area contributed by atoms with Crippen LogP contribution in [0.4, 0.5) is 5.69 Å². The number of benzene rings is 1. The van der Waals surface area contributed by atoms with E-state index in [1.54, 1.807) is 6.08 Å². The molecule has 0 aromatic heterocycles. The van der Waals surface area contributed by atoms with E-state index >= 15 is 0 Å². The molecule has 0 bridgehead atoms. The third kappa shape index (κ3) is 4.47. The molecule has 0 N–H and O–H groups in total. The van der Waals surface area contributed by atoms with Crippen molar-refractivity contribution in [2.45, 2.75) is 32.1 Å². The molecule has 2 aliphatic heterocycles. The second-order valence-corrected chi connectivity index (χ2v) is 6.39. The number of nitrogens with zero attached hydrogens (tertiary/aromatic N) is 2. The van der Waals surface area contributed by atoms with Crippen LogP contribution < -0.4 is 4.90 Å². The van der Waals surface area contributed by atoms with Gasteiger partial charge in [0.15, 0.2) is 0 Å². The molecule has 23 heavy (non-hydrogen) atoms. The van der Waals surface area contributed by atoms with Gasteiger partial charge in [0.1, 0.15) is 0 Å². The van der Waals surface area contributed by atoms with E-state index in [4.69, 9.17) is 0 Å². The Hall–Kier alpha value is -2.03. The third-order valence-corrected chi connectivity index (χ3v) is 4.67. The van der Waals surface area contributed by atoms with Gasteiger partial charge in [0, 0.05) is 37.9 Å². The summed E-state index contributed by atoms with van der Waals surface area (Å²) in [5.41, 5.74) is 2.48. The first kappa shape index (κ1) is 15.9. The van der Waals surface area contributed by atoms with E-state index in [0.717, 1.165) is 25.9 Å². The predicted molar refractivity (Wildman–Crippen MR) is 96.5 cm³/mol. The summed E-state index contributed by atoms with van der Waals surface area (Å²) in [5.74, 6) is 0.138. The smallest absolute Gasteiger partial charge is 0.246 e. The molecule has 3 heteroatoms. The van der Waals surface area contributed by atoms with Gasteiger partial charge < -0.3 is 9.80 Å². The van der Waals surface area contributed by atoms with Gasteiger partial charge >= 0.3 is 0 Å². The summed E-state index contributed by atoms with van der Waals surface area (Å²) >= 11 is 0. The predicted octanol–water partition coefficient (Wildman–Crippen LogP) is 3.87. The number of piperidine rings is 1. The van der Waals surface area contributed by atoms with Gasteiger partial charge in [-0.1, -0.05) is 30.4 Å². The van der Waals surface area contributed by atoms with Gasteiger partial charge in [-0.25, -0.2) is 0 Å². The number of rotatable bonds is 4. The van der Waals surface area contributed by atoms with E-state index in [-0.39, 0.29) is 5.91 Å². The Bertz CT molecular complexity index is 562. The molecule has 2 saturated heterocycles. The first-order valence-corrected chi connectivity index (χ1v) is 8.81. The van der Waals surface area contributed by atoms with E-state index in [1.165, 1.54) is 43.6 Å². The SMILES string of the molecule is O=C(/C=C/C=C/c1ccc(N2CCCC2)cc1)N1CCCCC1. The van der Waals surface area contributed by atoms with Crippen LogP contribution in [0.1, 0.15) is 37.7 Å². The Morgan fingerprint density at radius 1 is 0.826 bits per heavy atom. The minimum atomic E-state index is 0.138. The maximum Gasteiger partial charge on any atom is 0.246 e. The van der Waals surface area contributed by atoms with Crippen LogP contribution >= 0.6 is 0 Å². The highest BCUT2D eigenvalue weighted by atomic mass is 16.2. The van der Waals surface area contributed by atoms with Crippen molar-refractivity contribution < 1.29 is 4.79 Å². The number of amides is 1.